The Kier molecular flexibility index (Phi) is 4.00. The predicted molar refractivity (Wildman–Crippen MR) is 75.4 cm³/mol. The van der Waals surface area contributed by atoms with Crippen molar-refractivity contribution in [1.82, 2.24) is 4.72 Å². The number of thiophene rings is 1. The molecule has 1 fully saturated rings. The summed E-state index contributed by atoms with van der Waals surface area (Å²) in [5, 5.41) is 8.74. The van der Waals surface area contributed by atoms with E-state index >= 15 is 0 Å². The summed E-state index contributed by atoms with van der Waals surface area (Å²) >= 11 is 1.02. The fourth-order valence-electron chi connectivity index (χ4n) is 2.32. The minimum absolute atomic E-state index is 0.0191. The Balaban J connectivity index is 2.04. The highest BCUT2D eigenvalue weighted by Gasteiger charge is 2.30. The van der Waals surface area contributed by atoms with Gasteiger partial charge in [-0.25, -0.2) is 13.1 Å². The van der Waals surface area contributed by atoms with Crippen LogP contribution in [0.3, 0.4) is 0 Å². The van der Waals surface area contributed by atoms with Gasteiger partial charge < -0.3 is 0 Å². The van der Waals surface area contributed by atoms with E-state index in [1.54, 1.807) is 6.07 Å². The molecular weight excluding hydrogens is 280 g/mol. The van der Waals surface area contributed by atoms with Crippen LogP contribution in [0.4, 0.5) is 0 Å². The lowest BCUT2D eigenvalue weighted by atomic mass is 9.76. The third-order valence-corrected chi connectivity index (χ3v) is 6.62. The first-order valence-electron chi connectivity index (χ1n) is 6.35. The van der Waals surface area contributed by atoms with Crippen molar-refractivity contribution < 1.29 is 8.42 Å². The highest BCUT2D eigenvalue weighted by molar-refractivity contribution is 7.91. The maximum atomic E-state index is 12.2. The summed E-state index contributed by atoms with van der Waals surface area (Å²) in [6, 6.07) is 5.02. The van der Waals surface area contributed by atoms with Crippen molar-refractivity contribution in [2.24, 2.45) is 5.41 Å². The molecule has 0 radical (unpaired) electrons. The van der Waals surface area contributed by atoms with E-state index in [0.29, 0.717) is 10.3 Å². The summed E-state index contributed by atoms with van der Waals surface area (Å²) in [5.74, 6) is 0. The first-order valence-corrected chi connectivity index (χ1v) is 8.65. The molecule has 0 aliphatic heterocycles. The number of hydrogen-bond donors (Lipinski definition) is 1. The van der Waals surface area contributed by atoms with Crippen molar-refractivity contribution in [3.05, 3.63) is 17.0 Å². The van der Waals surface area contributed by atoms with E-state index in [-0.39, 0.29) is 10.3 Å². The van der Waals surface area contributed by atoms with Gasteiger partial charge in [0.05, 0.1) is 0 Å². The van der Waals surface area contributed by atoms with Crippen LogP contribution in [0.2, 0.25) is 0 Å². The van der Waals surface area contributed by atoms with Gasteiger partial charge in [0, 0.05) is 6.04 Å². The molecule has 4 nitrogen and oxygen atoms in total. The fourth-order valence-corrected chi connectivity index (χ4v) is 4.74. The van der Waals surface area contributed by atoms with Crippen LogP contribution < -0.4 is 4.72 Å². The number of sulfonamides is 1. The summed E-state index contributed by atoms with van der Waals surface area (Å²) in [6.45, 7) is 4.44. The Morgan fingerprint density at radius 2 is 2.00 bits per heavy atom. The second-order valence-electron chi connectivity index (χ2n) is 5.79. The molecule has 6 heteroatoms. The van der Waals surface area contributed by atoms with Gasteiger partial charge in [0.25, 0.3) is 0 Å². The van der Waals surface area contributed by atoms with Crippen molar-refractivity contribution in [2.75, 3.05) is 0 Å². The van der Waals surface area contributed by atoms with E-state index in [0.717, 1.165) is 37.0 Å². The molecule has 0 saturated heterocycles. The van der Waals surface area contributed by atoms with Crippen LogP contribution in [0.5, 0.6) is 0 Å². The molecule has 1 aliphatic rings. The molecule has 104 valence electrons. The topological polar surface area (TPSA) is 70.0 Å². The van der Waals surface area contributed by atoms with E-state index < -0.39 is 10.0 Å². The summed E-state index contributed by atoms with van der Waals surface area (Å²) < 4.78 is 27.4. The van der Waals surface area contributed by atoms with Crippen LogP contribution in [0, 0.1) is 16.7 Å². The molecule has 0 bridgehead atoms. The Hall–Kier alpha value is -0.900. The SMILES string of the molecule is CC1(C)CCC(NS(=O)(=O)c2ccc(C#N)s2)CC1. The number of nitrogens with zero attached hydrogens (tertiary/aromatic N) is 1. The summed E-state index contributed by atoms with van der Waals surface area (Å²) in [4.78, 5) is 0.421. The van der Waals surface area contributed by atoms with Gasteiger partial charge in [-0.2, -0.15) is 5.26 Å². The molecule has 0 unspecified atom stereocenters. The quantitative estimate of drug-likeness (QED) is 0.932. The Morgan fingerprint density at radius 3 is 2.53 bits per heavy atom. The molecule has 1 heterocycles. The smallest absolute Gasteiger partial charge is 0.207 e. The maximum Gasteiger partial charge on any atom is 0.250 e. The number of rotatable bonds is 3. The molecule has 0 aromatic carbocycles. The molecule has 1 aliphatic carbocycles. The van der Waals surface area contributed by atoms with E-state index in [1.165, 1.54) is 6.07 Å². The third-order valence-electron chi connectivity index (χ3n) is 3.62. The molecule has 2 rings (SSSR count). The largest absolute Gasteiger partial charge is 0.250 e. The zero-order chi connectivity index (χ0) is 14.1. The van der Waals surface area contributed by atoms with Crippen molar-refractivity contribution in [2.45, 2.75) is 49.8 Å². The van der Waals surface area contributed by atoms with Crippen LogP contribution in [0.25, 0.3) is 0 Å². The normalized spacial score (nSPS) is 20.1. The van der Waals surface area contributed by atoms with E-state index in [4.69, 9.17) is 5.26 Å². The van der Waals surface area contributed by atoms with Gasteiger partial charge in [-0.1, -0.05) is 13.8 Å². The first-order chi connectivity index (χ1) is 8.82. The predicted octanol–water partition coefficient (Wildman–Crippen LogP) is 2.87. The molecule has 0 atom stereocenters. The van der Waals surface area contributed by atoms with Gasteiger partial charge in [-0.05, 0) is 43.2 Å². The van der Waals surface area contributed by atoms with E-state index in [9.17, 15) is 8.42 Å². The third kappa shape index (κ3) is 3.56. The molecule has 1 N–H and O–H groups in total. The zero-order valence-corrected chi connectivity index (χ0v) is 12.8. The van der Waals surface area contributed by atoms with Gasteiger partial charge in [0.1, 0.15) is 15.2 Å². The molecule has 19 heavy (non-hydrogen) atoms. The van der Waals surface area contributed by atoms with Crippen molar-refractivity contribution >= 4 is 21.4 Å². The van der Waals surface area contributed by atoms with Crippen LogP contribution in [-0.4, -0.2) is 14.5 Å². The van der Waals surface area contributed by atoms with Crippen LogP contribution in [-0.2, 0) is 10.0 Å². The van der Waals surface area contributed by atoms with Gasteiger partial charge in [0.2, 0.25) is 10.0 Å². The highest BCUT2D eigenvalue weighted by Crippen LogP contribution is 2.35. The van der Waals surface area contributed by atoms with Gasteiger partial charge in [-0.15, -0.1) is 11.3 Å². The summed E-state index contributed by atoms with van der Waals surface area (Å²) in [5.41, 5.74) is 0.318. The lowest BCUT2D eigenvalue weighted by molar-refractivity contribution is 0.218. The molecular formula is C13H18N2O2S2. The van der Waals surface area contributed by atoms with Gasteiger partial charge >= 0.3 is 0 Å². The van der Waals surface area contributed by atoms with E-state index in [2.05, 4.69) is 18.6 Å². The second kappa shape index (κ2) is 5.23. The monoisotopic (exact) mass is 298 g/mol. The lowest BCUT2D eigenvalue weighted by Crippen LogP contribution is -2.38. The molecule has 1 saturated carbocycles. The van der Waals surface area contributed by atoms with Crippen LogP contribution in [0.1, 0.15) is 44.4 Å². The zero-order valence-electron chi connectivity index (χ0n) is 11.1. The average Bonchev–Trinajstić information content (AvgIpc) is 2.81. The fraction of sp³-hybridized carbons (Fsp3) is 0.615. The Bertz CT molecular complexity index is 586. The maximum absolute atomic E-state index is 12.2. The minimum atomic E-state index is -3.47. The van der Waals surface area contributed by atoms with Crippen molar-refractivity contribution in [3.63, 3.8) is 0 Å². The second-order valence-corrected chi connectivity index (χ2v) is 8.81. The summed E-state index contributed by atoms with van der Waals surface area (Å²) in [7, 11) is -3.47. The minimum Gasteiger partial charge on any atom is -0.207 e. The molecule has 0 spiro atoms. The summed E-state index contributed by atoms with van der Waals surface area (Å²) in [6.07, 6.45) is 3.83. The van der Waals surface area contributed by atoms with Crippen LogP contribution >= 0.6 is 11.3 Å². The van der Waals surface area contributed by atoms with E-state index in [1.807, 2.05) is 6.07 Å². The number of nitriles is 1. The Labute approximate surface area is 118 Å². The Morgan fingerprint density at radius 1 is 1.37 bits per heavy atom. The average molecular weight is 298 g/mol. The molecule has 1 aromatic heterocycles. The number of hydrogen-bond acceptors (Lipinski definition) is 4. The first kappa shape index (κ1) is 14.5. The van der Waals surface area contributed by atoms with Gasteiger partial charge in [-0.3, -0.25) is 0 Å². The van der Waals surface area contributed by atoms with Crippen molar-refractivity contribution in [1.29, 1.82) is 5.26 Å². The van der Waals surface area contributed by atoms with Crippen LogP contribution in [0.15, 0.2) is 16.3 Å². The lowest BCUT2D eigenvalue weighted by Gasteiger charge is -2.34. The van der Waals surface area contributed by atoms with Gasteiger partial charge in [0.15, 0.2) is 0 Å². The molecule has 0 amide bonds. The van der Waals surface area contributed by atoms with Crippen molar-refractivity contribution in [3.8, 4) is 6.07 Å². The number of nitrogens with one attached hydrogen (secondary N) is 1. The standard InChI is InChI=1S/C13H18N2O2S2/c1-13(2)7-5-10(6-8-13)15-19(16,17)12-4-3-11(9-14)18-12/h3-4,10,15H,5-8H2,1-2H3. The molecule has 1 aromatic rings. The highest BCUT2D eigenvalue weighted by atomic mass is 32.2.